The summed E-state index contributed by atoms with van der Waals surface area (Å²) in [6, 6.07) is 17.3. The van der Waals surface area contributed by atoms with Crippen molar-refractivity contribution in [2.45, 2.75) is 0 Å². The number of hydrogen-bond donors (Lipinski definition) is 0. The number of methoxy groups -OCH3 is 3. The zero-order valence-corrected chi connectivity index (χ0v) is 17.1. The summed E-state index contributed by atoms with van der Waals surface area (Å²) in [6.07, 6.45) is 0. The third-order valence-corrected chi connectivity index (χ3v) is 7.08. The Bertz CT molecular complexity index is 1130. The Morgan fingerprint density at radius 3 is 2.03 bits per heavy atom. The highest BCUT2D eigenvalue weighted by atomic mass is 31.2. The van der Waals surface area contributed by atoms with Gasteiger partial charge in [0.1, 0.15) is 5.75 Å². The Hall–Kier alpha value is -3.24. The number of benzene rings is 3. The Morgan fingerprint density at radius 2 is 1.41 bits per heavy atom. The summed E-state index contributed by atoms with van der Waals surface area (Å²) in [5.74, 6) is 1.36. The monoisotopic (exact) mass is 410 g/mol. The Labute approximate surface area is 168 Å². The van der Waals surface area contributed by atoms with Crippen LogP contribution in [0.1, 0.15) is 10.4 Å². The molecule has 1 heterocycles. The number of para-hydroxylation sites is 1. The third kappa shape index (κ3) is 2.97. The first kappa shape index (κ1) is 19.1. The van der Waals surface area contributed by atoms with Gasteiger partial charge in [-0.2, -0.15) is 0 Å². The van der Waals surface area contributed by atoms with Gasteiger partial charge < -0.3 is 18.7 Å². The summed E-state index contributed by atoms with van der Waals surface area (Å²) in [6.45, 7) is 0. The molecule has 3 aromatic rings. The fourth-order valence-electron chi connectivity index (χ4n) is 3.44. The van der Waals surface area contributed by atoms with Gasteiger partial charge >= 0.3 is 7.37 Å². The Balaban J connectivity index is 1.89. The maximum atomic E-state index is 14.0. The van der Waals surface area contributed by atoms with E-state index in [9.17, 15) is 9.36 Å². The molecule has 4 rings (SSSR count). The molecule has 148 valence electrons. The molecule has 6 nitrogen and oxygen atoms in total. The van der Waals surface area contributed by atoms with Crippen molar-refractivity contribution in [2.24, 2.45) is 0 Å². The second-order valence-corrected chi connectivity index (χ2v) is 8.55. The van der Waals surface area contributed by atoms with Crippen LogP contribution in [0, 0.1) is 0 Å². The second-order valence-electron chi connectivity index (χ2n) is 6.38. The molecule has 0 spiro atoms. The molecule has 0 aromatic heterocycles. The van der Waals surface area contributed by atoms with Crippen LogP contribution in [-0.4, -0.2) is 26.9 Å². The lowest BCUT2D eigenvalue weighted by atomic mass is 10.0. The van der Waals surface area contributed by atoms with Crippen LogP contribution in [0.15, 0.2) is 60.7 Å². The fourth-order valence-corrected chi connectivity index (χ4v) is 5.54. The van der Waals surface area contributed by atoms with Gasteiger partial charge in [-0.1, -0.05) is 36.4 Å². The summed E-state index contributed by atoms with van der Waals surface area (Å²) in [4.78, 5) is 13.5. The molecule has 0 fully saturated rings. The lowest BCUT2D eigenvalue weighted by molar-refractivity contribution is 0.106. The van der Waals surface area contributed by atoms with E-state index >= 15 is 0 Å². The summed E-state index contributed by atoms with van der Waals surface area (Å²) < 4.78 is 35.8. The van der Waals surface area contributed by atoms with Gasteiger partial charge in [0, 0.05) is 11.1 Å². The lowest BCUT2D eigenvalue weighted by Gasteiger charge is -2.27. The number of ether oxygens (including phenoxy) is 3. The molecule has 0 amide bonds. The van der Waals surface area contributed by atoms with Crippen molar-refractivity contribution >= 4 is 18.2 Å². The molecule has 0 bridgehead atoms. The highest BCUT2D eigenvalue weighted by molar-refractivity contribution is 7.84. The predicted octanol–water partition coefficient (Wildman–Crippen LogP) is 4.52. The summed E-state index contributed by atoms with van der Waals surface area (Å²) in [5.41, 5.74) is 1.03. The molecule has 1 aliphatic heterocycles. The van der Waals surface area contributed by atoms with Crippen LogP contribution in [0.2, 0.25) is 0 Å². The SMILES string of the molecule is COc1cc(C(=O)P2(=O)Oc3ccccc3-c3ccccc32)cc(OC)c1OC. The van der Waals surface area contributed by atoms with Gasteiger partial charge in [0.25, 0.3) is 5.52 Å². The second kappa shape index (κ2) is 7.30. The van der Waals surface area contributed by atoms with Gasteiger partial charge in [-0.3, -0.25) is 9.36 Å². The minimum atomic E-state index is -3.92. The molecule has 0 saturated heterocycles. The maximum Gasteiger partial charge on any atom is 0.347 e. The molecule has 1 aliphatic rings. The van der Waals surface area contributed by atoms with E-state index in [1.807, 2.05) is 24.3 Å². The van der Waals surface area contributed by atoms with Crippen LogP contribution in [0.25, 0.3) is 11.1 Å². The van der Waals surface area contributed by atoms with Crippen molar-refractivity contribution in [1.29, 1.82) is 0 Å². The molecule has 7 heteroatoms. The van der Waals surface area contributed by atoms with Crippen molar-refractivity contribution in [3.63, 3.8) is 0 Å². The predicted molar refractivity (Wildman–Crippen MR) is 110 cm³/mol. The van der Waals surface area contributed by atoms with Crippen molar-refractivity contribution < 1.29 is 28.1 Å². The van der Waals surface area contributed by atoms with Crippen LogP contribution in [0.3, 0.4) is 0 Å². The van der Waals surface area contributed by atoms with E-state index in [1.54, 1.807) is 24.3 Å². The zero-order chi connectivity index (χ0) is 20.6. The molecule has 0 radical (unpaired) electrons. The summed E-state index contributed by atoms with van der Waals surface area (Å²) in [5, 5.41) is 0.373. The average Bonchev–Trinajstić information content (AvgIpc) is 2.77. The number of carbonyl (C=O) groups excluding carboxylic acids is 1. The van der Waals surface area contributed by atoms with E-state index in [0.717, 1.165) is 11.1 Å². The first-order chi connectivity index (χ1) is 14.0. The highest BCUT2D eigenvalue weighted by Crippen LogP contribution is 2.57. The van der Waals surface area contributed by atoms with Crippen molar-refractivity contribution in [3.05, 3.63) is 66.2 Å². The smallest absolute Gasteiger partial charge is 0.347 e. The van der Waals surface area contributed by atoms with Crippen LogP contribution in [-0.2, 0) is 4.57 Å². The quantitative estimate of drug-likeness (QED) is 0.576. The largest absolute Gasteiger partial charge is 0.493 e. The number of fused-ring (bicyclic) bond motifs is 3. The van der Waals surface area contributed by atoms with Gasteiger partial charge in [-0.05, 0) is 29.8 Å². The van der Waals surface area contributed by atoms with Gasteiger partial charge in [0.2, 0.25) is 5.75 Å². The number of hydrogen-bond acceptors (Lipinski definition) is 6. The van der Waals surface area contributed by atoms with E-state index in [4.69, 9.17) is 18.7 Å². The standard InChI is InChI=1S/C22H19O6P/c1-25-18-12-14(13-19(26-2)21(18)27-3)22(23)29(24)20-11-7-5-9-16(20)15-8-4-6-10-17(15)28-29/h4-13H,1-3H3. The topological polar surface area (TPSA) is 71.1 Å². The number of carbonyl (C=O) groups is 1. The lowest BCUT2D eigenvalue weighted by Crippen LogP contribution is -2.23. The van der Waals surface area contributed by atoms with Gasteiger partial charge in [-0.25, -0.2) is 0 Å². The van der Waals surface area contributed by atoms with Crippen LogP contribution < -0.4 is 24.0 Å². The third-order valence-electron chi connectivity index (χ3n) is 4.80. The van der Waals surface area contributed by atoms with Crippen molar-refractivity contribution in [2.75, 3.05) is 21.3 Å². The molecule has 0 saturated carbocycles. The molecular formula is C22H19O6P. The first-order valence-electron chi connectivity index (χ1n) is 8.87. The summed E-state index contributed by atoms with van der Waals surface area (Å²) in [7, 11) is 0.459. The Morgan fingerprint density at radius 1 is 0.828 bits per heavy atom. The maximum absolute atomic E-state index is 14.0. The highest BCUT2D eigenvalue weighted by Gasteiger charge is 2.43. The van der Waals surface area contributed by atoms with E-state index in [-0.39, 0.29) is 5.56 Å². The molecule has 1 unspecified atom stereocenters. The Kier molecular flexibility index (Phi) is 4.81. The molecule has 3 aromatic carbocycles. The zero-order valence-electron chi connectivity index (χ0n) is 16.2. The van der Waals surface area contributed by atoms with Crippen LogP contribution >= 0.6 is 7.37 Å². The minimum Gasteiger partial charge on any atom is -0.493 e. The van der Waals surface area contributed by atoms with E-state index in [2.05, 4.69) is 0 Å². The van der Waals surface area contributed by atoms with Crippen molar-refractivity contribution in [3.8, 4) is 34.1 Å². The van der Waals surface area contributed by atoms with Gasteiger partial charge in [0.15, 0.2) is 11.5 Å². The van der Waals surface area contributed by atoms with Crippen molar-refractivity contribution in [1.82, 2.24) is 0 Å². The molecular weight excluding hydrogens is 391 g/mol. The minimum absolute atomic E-state index is 0.150. The fraction of sp³-hybridized carbons (Fsp3) is 0.136. The van der Waals surface area contributed by atoms with E-state index in [1.165, 1.54) is 33.5 Å². The van der Waals surface area contributed by atoms with Crippen LogP contribution in [0.4, 0.5) is 0 Å². The first-order valence-corrected chi connectivity index (χ1v) is 10.5. The normalized spacial score (nSPS) is 16.8. The molecule has 29 heavy (non-hydrogen) atoms. The van der Waals surface area contributed by atoms with Crippen LogP contribution in [0.5, 0.6) is 23.0 Å². The number of rotatable bonds is 5. The molecule has 0 N–H and O–H groups in total. The van der Waals surface area contributed by atoms with E-state index < -0.39 is 12.9 Å². The molecule has 1 atom stereocenters. The van der Waals surface area contributed by atoms with Gasteiger partial charge in [-0.15, -0.1) is 0 Å². The summed E-state index contributed by atoms with van der Waals surface area (Å²) >= 11 is 0. The van der Waals surface area contributed by atoms with Gasteiger partial charge in [0.05, 0.1) is 26.6 Å². The van der Waals surface area contributed by atoms with E-state index in [0.29, 0.717) is 28.3 Å². The molecule has 0 aliphatic carbocycles. The average molecular weight is 410 g/mol.